The van der Waals surface area contributed by atoms with Gasteiger partial charge in [0.25, 0.3) is 0 Å². The fourth-order valence-electron chi connectivity index (χ4n) is 5.58. The van der Waals surface area contributed by atoms with Gasteiger partial charge in [0, 0.05) is 53.7 Å². The van der Waals surface area contributed by atoms with Crippen molar-refractivity contribution >= 4 is 45.6 Å². The van der Waals surface area contributed by atoms with E-state index >= 15 is 0 Å². The number of carbonyl (C=O) groups excluding carboxylic acids is 3. The number of amides is 4. The second-order valence-corrected chi connectivity index (χ2v) is 12.0. The summed E-state index contributed by atoms with van der Waals surface area (Å²) in [6, 6.07) is 20.5. The molecular formula is C32H33BrClFN4O4. The quantitative estimate of drug-likeness (QED) is 0.325. The number of carbonyl (C=O) groups is 3. The number of nitrogens with zero attached hydrogens (tertiary/aromatic N) is 3. The topological polar surface area (TPSA) is 82.2 Å². The zero-order chi connectivity index (χ0) is 30.3. The molecule has 3 aromatic carbocycles. The van der Waals surface area contributed by atoms with Crippen LogP contribution in [0.25, 0.3) is 0 Å². The largest absolute Gasteiger partial charge is 0.445 e. The van der Waals surface area contributed by atoms with Crippen LogP contribution >= 0.6 is 27.5 Å². The highest BCUT2D eigenvalue weighted by Gasteiger charge is 2.35. The van der Waals surface area contributed by atoms with Gasteiger partial charge in [-0.1, -0.05) is 82.1 Å². The Hall–Kier alpha value is -3.63. The van der Waals surface area contributed by atoms with Crippen LogP contribution in [-0.4, -0.2) is 71.5 Å². The summed E-state index contributed by atoms with van der Waals surface area (Å²) in [4.78, 5) is 44.1. The molecule has 2 heterocycles. The maximum atomic E-state index is 14.7. The Labute approximate surface area is 263 Å². The van der Waals surface area contributed by atoms with Crippen molar-refractivity contribution in [3.63, 3.8) is 0 Å². The lowest BCUT2D eigenvalue weighted by atomic mass is 9.98. The van der Waals surface area contributed by atoms with Crippen LogP contribution < -0.4 is 5.32 Å². The highest BCUT2D eigenvalue weighted by molar-refractivity contribution is 9.10. The number of likely N-dealkylation sites (tertiary alicyclic amines) is 1. The molecule has 2 aliphatic rings. The zero-order valence-electron chi connectivity index (χ0n) is 23.6. The van der Waals surface area contributed by atoms with Crippen LogP contribution in [0.1, 0.15) is 35.6 Å². The first kappa shape index (κ1) is 30.8. The summed E-state index contributed by atoms with van der Waals surface area (Å²) in [5.41, 5.74) is 2.01. The lowest BCUT2D eigenvalue weighted by Gasteiger charge is -2.42. The van der Waals surface area contributed by atoms with Crippen molar-refractivity contribution in [1.29, 1.82) is 0 Å². The molecule has 0 radical (unpaired) electrons. The minimum Gasteiger partial charge on any atom is -0.445 e. The maximum Gasteiger partial charge on any atom is 0.410 e. The predicted octanol–water partition coefficient (Wildman–Crippen LogP) is 6.18. The summed E-state index contributed by atoms with van der Waals surface area (Å²) < 4.78 is 20.9. The summed E-state index contributed by atoms with van der Waals surface area (Å²) in [5, 5.41) is 3.29. The van der Waals surface area contributed by atoms with Crippen molar-refractivity contribution in [1.82, 2.24) is 20.0 Å². The molecule has 5 rings (SSSR count). The highest BCUT2D eigenvalue weighted by Crippen LogP contribution is 2.30. The van der Waals surface area contributed by atoms with Crippen LogP contribution in [0.3, 0.4) is 0 Å². The monoisotopic (exact) mass is 670 g/mol. The van der Waals surface area contributed by atoms with E-state index in [4.69, 9.17) is 16.3 Å². The molecule has 0 spiro atoms. The second-order valence-electron chi connectivity index (χ2n) is 10.7. The van der Waals surface area contributed by atoms with Gasteiger partial charge in [0.1, 0.15) is 19.0 Å². The first-order valence-electron chi connectivity index (χ1n) is 14.3. The SMILES string of the molecule is O=C(NC(Cc1c(F)cccc1Cl)c1ccccc1Br)N1CCN(C2CCN(C(=O)OCc3ccccc3)CC2)C(=O)C1. The lowest BCUT2D eigenvalue weighted by Crippen LogP contribution is -2.59. The Kier molecular flexibility index (Phi) is 10.2. The standard InChI is InChI=1S/C32H33BrClFN4O4/c33-26-10-5-4-9-24(26)29(19-25-27(34)11-6-12-28(25)35)36-31(41)38-17-18-39(30(40)20-38)23-13-15-37(16-14-23)32(42)43-21-22-7-2-1-3-8-22/h1-12,23,29H,13-21H2,(H,36,41). The molecule has 4 amide bonds. The molecule has 2 fully saturated rings. The average Bonchev–Trinajstić information content (AvgIpc) is 3.02. The van der Waals surface area contributed by atoms with Gasteiger partial charge in [0.2, 0.25) is 5.91 Å². The molecule has 2 aliphatic heterocycles. The summed E-state index contributed by atoms with van der Waals surface area (Å²) in [6.07, 6.45) is 1.07. The van der Waals surface area contributed by atoms with E-state index in [1.807, 2.05) is 59.5 Å². The predicted molar refractivity (Wildman–Crippen MR) is 165 cm³/mol. The van der Waals surface area contributed by atoms with Crippen molar-refractivity contribution < 1.29 is 23.5 Å². The molecule has 1 N–H and O–H groups in total. The van der Waals surface area contributed by atoms with Crippen LogP contribution in [0, 0.1) is 5.82 Å². The number of urea groups is 1. The van der Waals surface area contributed by atoms with Gasteiger partial charge in [0.05, 0.1) is 6.04 Å². The molecule has 43 heavy (non-hydrogen) atoms. The number of hydrogen-bond acceptors (Lipinski definition) is 4. The minimum absolute atomic E-state index is 0.00731. The lowest BCUT2D eigenvalue weighted by molar-refractivity contribution is -0.138. The number of piperazine rings is 1. The van der Waals surface area contributed by atoms with E-state index < -0.39 is 17.9 Å². The van der Waals surface area contributed by atoms with Crippen LogP contribution in [0.15, 0.2) is 77.3 Å². The third-order valence-electron chi connectivity index (χ3n) is 7.96. The van der Waals surface area contributed by atoms with Gasteiger partial charge in [-0.3, -0.25) is 4.79 Å². The maximum absolute atomic E-state index is 14.7. The molecule has 3 aromatic rings. The van der Waals surface area contributed by atoms with Crippen LogP contribution in [0.4, 0.5) is 14.0 Å². The van der Waals surface area contributed by atoms with Gasteiger partial charge in [-0.2, -0.15) is 0 Å². The summed E-state index contributed by atoms with van der Waals surface area (Å²) in [7, 11) is 0. The molecule has 1 unspecified atom stereocenters. The van der Waals surface area contributed by atoms with Crippen molar-refractivity contribution in [2.45, 2.75) is 38.0 Å². The van der Waals surface area contributed by atoms with Crippen molar-refractivity contribution in [3.05, 3.63) is 105 Å². The van der Waals surface area contributed by atoms with Gasteiger partial charge in [-0.15, -0.1) is 0 Å². The third-order valence-corrected chi connectivity index (χ3v) is 9.04. The van der Waals surface area contributed by atoms with E-state index in [1.165, 1.54) is 11.0 Å². The number of nitrogens with one attached hydrogen (secondary N) is 1. The average molecular weight is 672 g/mol. The van der Waals surface area contributed by atoms with Crippen molar-refractivity contribution in [3.8, 4) is 0 Å². The number of piperidine rings is 1. The molecule has 0 aliphatic carbocycles. The molecule has 0 saturated carbocycles. The Morgan fingerprint density at radius 1 is 0.953 bits per heavy atom. The number of benzene rings is 3. The molecular weight excluding hydrogens is 639 g/mol. The first-order valence-corrected chi connectivity index (χ1v) is 15.4. The van der Waals surface area contributed by atoms with Gasteiger partial charge in [-0.25, -0.2) is 14.0 Å². The fourth-order valence-corrected chi connectivity index (χ4v) is 6.39. The molecule has 2 saturated heterocycles. The Balaban J connectivity index is 1.15. The smallest absolute Gasteiger partial charge is 0.410 e. The van der Waals surface area contributed by atoms with Crippen molar-refractivity contribution in [2.24, 2.45) is 0 Å². The minimum atomic E-state index is -0.586. The van der Waals surface area contributed by atoms with Crippen LogP contribution in [-0.2, 0) is 22.6 Å². The molecule has 1 atom stereocenters. The Morgan fingerprint density at radius 2 is 1.67 bits per heavy atom. The van der Waals surface area contributed by atoms with Gasteiger partial charge in [-0.05, 0) is 42.2 Å². The molecule has 8 nitrogen and oxygen atoms in total. The number of ether oxygens (including phenoxy) is 1. The van der Waals surface area contributed by atoms with Crippen LogP contribution in [0.5, 0.6) is 0 Å². The number of halogens is 3. The summed E-state index contributed by atoms with van der Waals surface area (Å²) in [6.45, 7) is 1.91. The van der Waals surface area contributed by atoms with Gasteiger partial charge in [0.15, 0.2) is 0 Å². The van der Waals surface area contributed by atoms with E-state index in [-0.39, 0.29) is 42.6 Å². The van der Waals surface area contributed by atoms with Gasteiger partial charge < -0.3 is 24.8 Å². The zero-order valence-corrected chi connectivity index (χ0v) is 25.9. The first-order chi connectivity index (χ1) is 20.8. The normalized spacial score (nSPS) is 16.6. The van der Waals surface area contributed by atoms with E-state index in [2.05, 4.69) is 21.2 Å². The summed E-state index contributed by atoms with van der Waals surface area (Å²) >= 11 is 9.85. The molecule has 11 heteroatoms. The van der Waals surface area contributed by atoms with E-state index in [1.54, 1.807) is 17.0 Å². The summed E-state index contributed by atoms with van der Waals surface area (Å²) in [5.74, 6) is -0.584. The highest BCUT2D eigenvalue weighted by atomic mass is 79.9. The Bertz CT molecular complexity index is 1430. The van der Waals surface area contributed by atoms with Gasteiger partial charge >= 0.3 is 12.1 Å². The second kappa shape index (κ2) is 14.2. The third kappa shape index (κ3) is 7.67. The molecule has 0 bridgehead atoms. The molecule has 0 aromatic heterocycles. The number of rotatable bonds is 7. The van der Waals surface area contributed by atoms with Crippen LogP contribution in [0.2, 0.25) is 5.02 Å². The fraction of sp³-hybridized carbons (Fsp3) is 0.344. The van der Waals surface area contributed by atoms with E-state index in [0.717, 1.165) is 15.6 Å². The Morgan fingerprint density at radius 3 is 2.37 bits per heavy atom. The van der Waals surface area contributed by atoms with E-state index in [0.29, 0.717) is 44.6 Å². The molecule has 226 valence electrons. The van der Waals surface area contributed by atoms with Crippen molar-refractivity contribution in [2.75, 3.05) is 32.7 Å². The van der Waals surface area contributed by atoms with E-state index in [9.17, 15) is 18.8 Å². The number of hydrogen-bond donors (Lipinski definition) is 1.